The molecular weight excluding hydrogens is 234 g/mol. The highest BCUT2D eigenvalue weighted by molar-refractivity contribution is 4.92. The van der Waals surface area contributed by atoms with Gasteiger partial charge in [0.1, 0.15) is 5.60 Å². The molecule has 1 nitrogen and oxygen atoms in total. The van der Waals surface area contributed by atoms with Crippen molar-refractivity contribution in [1.82, 2.24) is 0 Å². The molecule has 0 spiro atoms. The number of halogens is 2. The van der Waals surface area contributed by atoms with Crippen molar-refractivity contribution in [3.63, 3.8) is 0 Å². The van der Waals surface area contributed by atoms with Crippen LogP contribution in [0.3, 0.4) is 0 Å². The third kappa shape index (κ3) is 5.64. The summed E-state index contributed by atoms with van der Waals surface area (Å²) in [6.07, 6.45) is 5.55. The zero-order valence-corrected chi connectivity index (χ0v) is 12.3. The maximum atomic E-state index is 14.2. The van der Waals surface area contributed by atoms with Gasteiger partial charge in [0.2, 0.25) is 0 Å². The van der Waals surface area contributed by atoms with Crippen LogP contribution in [0.25, 0.3) is 0 Å². The van der Waals surface area contributed by atoms with Gasteiger partial charge >= 0.3 is 0 Å². The number of rotatable bonds is 11. The van der Waals surface area contributed by atoms with E-state index in [-0.39, 0.29) is 19.3 Å². The Balaban J connectivity index is 4.56. The molecule has 0 atom stereocenters. The van der Waals surface area contributed by atoms with Gasteiger partial charge in [0.15, 0.2) is 0 Å². The zero-order chi connectivity index (χ0) is 14.1. The molecule has 0 aliphatic rings. The van der Waals surface area contributed by atoms with Crippen LogP contribution in [0, 0.1) is 0 Å². The van der Waals surface area contributed by atoms with Crippen LogP contribution in [-0.4, -0.2) is 16.6 Å². The average molecular weight is 264 g/mol. The summed E-state index contributed by atoms with van der Waals surface area (Å²) in [7, 11) is 0. The SMILES string of the molecule is CCCCCC(F)(F)C(O)(CCCC)CCCC. The number of unbranched alkanes of at least 4 members (excludes halogenated alkanes) is 4. The van der Waals surface area contributed by atoms with Gasteiger partial charge in [-0.15, -0.1) is 0 Å². The molecule has 0 aromatic rings. The summed E-state index contributed by atoms with van der Waals surface area (Å²) in [5, 5.41) is 10.4. The molecule has 0 heterocycles. The van der Waals surface area contributed by atoms with Crippen molar-refractivity contribution in [2.75, 3.05) is 0 Å². The third-order valence-corrected chi connectivity index (χ3v) is 3.66. The molecule has 3 heteroatoms. The first-order valence-corrected chi connectivity index (χ1v) is 7.53. The molecule has 1 N–H and O–H groups in total. The minimum absolute atomic E-state index is 0.176. The molecule has 0 rings (SSSR count). The number of alkyl halides is 2. The van der Waals surface area contributed by atoms with Crippen molar-refractivity contribution in [2.45, 2.75) is 96.5 Å². The standard InChI is InChI=1S/C15H30F2O/c1-4-7-10-13-15(16,17)14(18,11-8-5-2)12-9-6-3/h18H,4-13H2,1-3H3. The predicted molar refractivity (Wildman–Crippen MR) is 73.1 cm³/mol. The van der Waals surface area contributed by atoms with E-state index >= 15 is 0 Å². The lowest BCUT2D eigenvalue weighted by molar-refractivity contribution is -0.193. The smallest absolute Gasteiger partial charge is 0.276 e. The molecule has 0 aromatic heterocycles. The van der Waals surface area contributed by atoms with Crippen molar-refractivity contribution in [2.24, 2.45) is 0 Å². The fourth-order valence-electron chi connectivity index (χ4n) is 2.26. The molecule has 0 aliphatic heterocycles. The predicted octanol–water partition coefficient (Wildman–Crippen LogP) is 5.31. The molecule has 0 aliphatic carbocycles. The third-order valence-electron chi connectivity index (χ3n) is 3.66. The number of hydrogen-bond acceptors (Lipinski definition) is 1. The zero-order valence-electron chi connectivity index (χ0n) is 12.3. The van der Waals surface area contributed by atoms with Gasteiger partial charge in [-0.25, -0.2) is 8.78 Å². The molecule has 0 unspecified atom stereocenters. The minimum Gasteiger partial charge on any atom is -0.384 e. The van der Waals surface area contributed by atoms with Crippen molar-refractivity contribution in [3.05, 3.63) is 0 Å². The summed E-state index contributed by atoms with van der Waals surface area (Å²) in [4.78, 5) is 0. The molecule has 18 heavy (non-hydrogen) atoms. The lowest BCUT2D eigenvalue weighted by atomic mass is 9.82. The summed E-state index contributed by atoms with van der Waals surface area (Å²) in [6.45, 7) is 5.93. The Labute approximate surface area is 111 Å². The molecule has 0 fully saturated rings. The van der Waals surface area contributed by atoms with E-state index in [9.17, 15) is 13.9 Å². The number of hydrogen-bond donors (Lipinski definition) is 1. The highest BCUT2D eigenvalue weighted by atomic mass is 19.3. The second kappa shape index (κ2) is 8.84. The van der Waals surface area contributed by atoms with E-state index in [1.54, 1.807) is 0 Å². The summed E-state index contributed by atoms with van der Waals surface area (Å²) < 4.78 is 28.4. The van der Waals surface area contributed by atoms with Crippen molar-refractivity contribution in [1.29, 1.82) is 0 Å². The molecule has 0 radical (unpaired) electrons. The summed E-state index contributed by atoms with van der Waals surface area (Å²) in [5.74, 6) is -2.94. The lowest BCUT2D eigenvalue weighted by Gasteiger charge is -2.36. The lowest BCUT2D eigenvalue weighted by Crippen LogP contribution is -2.48. The van der Waals surface area contributed by atoms with Gasteiger partial charge in [-0.2, -0.15) is 0 Å². The maximum Gasteiger partial charge on any atom is 0.276 e. The van der Waals surface area contributed by atoms with E-state index in [1.807, 2.05) is 20.8 Å². The van der Waals surface area contributed by atoms with Crippen molar-refractivity contribution in [3.8, 4) is 0 Å². The second-order valence-corrected chi connectivity index (χ2v) is 5.40. The topological polar surface area (TPSA) is 20.2 Å². The largest absolute Gasteiger partial charge is 0.384 e. The molecule has 0 aromatic carbocycles. The van der Waals surface area contributed by atoms with Crippen LogP contribution in [0.1, 0.15) is 85.0 Å². The van der Waals surface area contributed by atoms with Gasteiger partial charge in [0, 0.05) is 6.42 Å². The Hall–Kier alpha value is -0.180. The van der Waals surface area contributed by atoms with Gasteiger partial charge in [-0.1, -0.05) is 59.3 Å². The van der Waals surface area contributed by atoms with Crippen molar-refractivity contribution >= 4 is 0 Å². The van der Waals surface area contributed by atoms with E-state index in [0.29, 0.717) is 19.3 Å². The molecule has 0 saturated carbocycles. The van der Waals surface area contributed by atoms with Crippen molar-refractivity contribution < 1.29 is 13.9 Å². The first kappa shape index (κ1) is 17.8. The average Bonchev–Trinajstić information content (AvgIpc) is 2.33. The highest BCUT2D eigenvalue weighted by Crippen LogP contribution is 2.40. The van der Waals surface area contributed by atoms with Crippen LogP contribution in [-0.2, 0) is 0 Å². The van der Waals surface area contributed by atoms with E-state index in [2.05, 4.69) is 0 Å². The Morgan fingerprint density at radius 3 is 1.56 bits per heavy atom. The van der Waals surface area contributed by atoms with Crippen LogP contribution in [0.4, 0.5) is 8.78 Å². The van der Waals surface area contributed by atoms with E-state index in [4.69, 9.17) is 0 Å². The van der Waals surface area contributed by atoms with Gasteiger partial charge in [0.05, 0.1) is 0 Å². The van der Waals surface area contributed by atoms with Gasteiger partial charge < -0.3 is 5.11 Å². The summed E-state index contributed by atoms with van der Waals surface area (Å²) in [5.41, 5.74) is -1.78. The Kier molecular flexibility index (Phi) is 8.75. The molecule has 110 valence electrons. The Morgan fingerprint density at radius 2 is 1.17 bits per heavy atom. The van der Waals surface area contributed by atoms with Gasteiger partial charge in [-0.05, 0) is 19.3 Å². The first-order valence-electron chi connectivity index (χ1n) is 7.53. The van der Waals surface area contributed by atoms with Crippen LogP contribution in [0.2, 0.25) is 0 Å². The Morgan fingerprint density at radius 1 is 0.722 bits per heavy atom. The van der Waals surface area contributed by atoms with E-state index < -0.39 is 11.5 Å². The molecular formula is C15H30F2O. The minimum atomic E-state index is -2.94. The van der Waals surface area contributed by atoms with E-state index in [0.717, 1.165) is 25.7 Å². The summed E-state index contributed by atoms with van der Waals surface area (Å²) >= 11 is 0. The van der Waals surface area contributed by atoms with Crippen LogP contribution in [0.5, 0.6) is 0 Å². The van der Waals surface area contributed by atoms with Crippen LogP contribution < -0.4 is 0 Å². The fourth-order valence-corrected chi connectivity index (χ4v) is 2.26. The first-order chi connectivity index (χ1) is 8.43. The Bertz CT molecular complexity index is 197. The quantitative estimate of drug-likeness (QED) is 0.501. The molecule has 0 saturated heterocycles. The van der Waals surface area contributed by atoms with Crippen LogP contribution >= 0.6 is 0 Å². The maximum absolute atomic E-state index is 14.2. The van der Waals surface area contributed by atoms with E-state index in [1.165, 1.54) is 0 Å². The van der Waals surface area contributed by atoms with Crippen LogP contribution in [0.15, 0.2) is 0 Å². The summed E-state index contributed by atoms with van der Waals surface area (Å²) in [6, 6.07) is 0. The van der Waals surface area contributed by atoms with Gasteiger partial charge in [-0.3, -0.25) is 0 Å². The number of aliphatic hydroxyl groups is 1. The monoisotopic (exact) mass is 264 g/mol. The second-order valence-electron chi connectivity index (χ2n) is 5.40. The van der Waals surface area contributed by atoms with Gasteiger partial charge in [0.25, 0.3) is 5.92 Å². The normalized spacial score (nSPS) is 13.0. The fraction of sp³-hybridized carbons (Fsp3) is 1.00. The highest BCUT2D eigenvalue weighted by Gasteiger charge is 2.50. The molecule has 0 amide bonds. The molecule has 0 bridgehead atoms.